The molecule has 2 unspecified atom stereocenters. The molecular formula is C12H15ClN2O4. The second-order valence-electron chi connectivity index (χ2n) is 4.14. The van der Waals surface area contributed by atoms with Gasteiger partial charge in [0.1, 0.15) is 0 Å². The van der Waals surface area contributed by atoms with Crippen LogP contribution in [-0.2, 0) is 4.79 Å². The summed E-state index contributed by atoms with van der Waals surface area (Å²) in [6.45, 7) is 3.13. The summed E-state index contributed by atoms with van der Waals surface area (Å²) in [7, 11) is 0. The van der Waals surface area contributed by atoms with Crippen molar-refractivity contribution < 1.29 is 19.8 Å². The number of rotatable bonds is 4. The van der Waals surface area contributed by atoms with Gasteiger partial charge in [-0.3, -0.25) is 0 Å². The van der Waals surface area contributed by atoms with E-state index in [0.717, 1.165) is 5.56 Å². The minimum Gasteiger partial charge on any atom is -0.480 e. The van der Waals surface area contributed by atoms with E-state index < -0.39 is 24.1 Å². The zero-order valence-electron chi connectivity index (χ0n) is 10.5. The Morgan fingerprint density at radius 1 is 1.37 bits per heavy atom. The molecule has 1 aromatic rings. The highest BCUT2D eigenvalue weighted by molar-refractivity contribution is 6.33. The number of aryl methyl sites for hydroxylation is 1. The molecule has 1 rings (SSSR count). The van der Waals surface area contributed by atoms with Gasteiger partial charge in [-0.1, -0.05) is 17.7 Å². The Balaban J connectivity index is 2.72. The third-order valence-corrected chi connectivity index (χ3v) is 2.72. The molecule has 0 aliphatic heterocycles. The first-order valence-corrected chi connectivity index (χ1v) is 5.93. The fraction of sp³-hybridized carbons (Fsp3) is 0.333. The maximum atomic E-state index is 11.6. The lowest BCUT2D eigenvalue weighted by Crippen LogP contribution is -2.49. The van der Waals surface area contributed by atoms with Crippen molar-refractivity contribution in [1.29, 1.82) is 0 Å². The number of aliphatic hydroxyl groups excluding tert-OH is 1. The van der Waals surface area contributed by atoms with Gasteiger partial charge >= 0.3 is 12.0 Å². The SMILES string of the molecule is Cc1ccc(NC(=O)NC(C(=O)O)C(C)O)c(Cl)c1. The number of aliphatic carboxylic acids is 1. The van der Waals surface area contributed by atoms with Crippen molar-refractivity contribution in [2.24, 2.45) is 0 Å². The van der Waals surface area contributed by atoms with Crippen LogP contribution in [0.15, 0.2) is 18.2 Å². The van der Waals surface area contributed by atoms with E-state index >= 15 is 0 Å². The summed E-state index contributed by atoms with van der Waals surface area (Å²) in [4.78, 5) is 22.4. The largest absolute Gasteiger partial charge is 0.480 e. The molecular weight excluding hydrogens is 272 g/mol. The third-order valence-electron chi connectivity index (χ3n) is 2.41. The summed E-state index contributed by atoms with van der Waals surface area (Å²) in [6, 6.07) is 2.89. The Kier molecular flexibility index (Phi) is 5.14. The van der Waals surface area contributed by atoms with Crippen molar-refractivity contribution in [2.45, 2.75) is 26.0 Å². The lowest BCUT2D eigenvalue weighted by Gasteiger charge is -2.17. The third kappa shape index (κ3) is 4.42. The molecule has 1 aromatic carbocycles. The number of halogens is 1. The Labute approximate surface area is 115 Å². The van der Waals surface area contributed by atoms with Crippen molar-refractivity contribution in [3.05, 3.63) is 28.8 Å². The minimum absolute atomic E-state index is 0.346. The van der Waals surface area contributed by atoms with E-state index in [0.29, 0.717) is 10.7 Å². The summed E-state index contributed by atoms with van der Waals surface area (Å²) < 4.78 is 0. The van der Waals surface area contributed by atoms with E-state index in [4.69, 9.17) is 16.7 Å². The number of carbonyl (C=O) groups excluding carboxylic acids is 1. The predicted molar refractivity (Wildman–Crippen MR) is 71.4 cm³/mol. The number of hydrogen-bond donors (Lipinski definition) is 4. The molecule has 104 valence electrons. The van der Waals surface area contributed by atoms with Crippen LogP contribution < -0.4 is 10.6 Å². The Bertz CT molecular complexity index is 491. The number of aliphatic hydroxyl groups is 1. The standard InChI is InChI=1S/C12H15ClN2O4/c1-6-3-4-9(8(13)5-6)14-12(19)15-10(7(2)16)11(17)18/h3-5,7,10,16H,1-2H3,(H,17,18)(H2,14,15,19). The summed E-state index contributed by atoms with van der Waals surface area (Å²) in [6.07, 6.45) is -1.21. The maximum absolute atomic E-state index is 11.6. The van der Waals surface area contributed by atoms with Crippen LogP contribution in [0.3, 0.4) is 0 Å². The number of anilines is 1. The molecule has 0 bridgehead atoms. The van der Waals surface area contributed by atoms with E-state index in [1.807, 2.05) is 6.92 Å². The fourth-order valence-electron chi connectivity index (χ4n) is 1.41. The van der Waals surface area contributed by atoms with Crippen LogP contribution in [-0.4, -0.2) is 34.4 Å². The summed E-state index contributed by atoms with van der Waals surface area (Å²) >= 11 is 5.93. The Morgan fingerprint density at radius 2 is 2.00 bits per heavy atom. The molecule has 0 spiro atoms. The maximum Gasteiger partial charge on any atom is 0.328 e. The molecule has 0 radical (unpaired) electrons. The van der Waals surface area contributed by atoms with E-state index in [1.54, 1.807) is 18.2 Å². The van der Waals surface area contributed by atoms with Crippen molar-refractivity contribution in [1.82, 2.24) is 5.32 Å². The molecule has 0 aromatic heterocycles. The van der Waals surface area contributed by atoms with Gasteiger partial charge in [0, 0.05) is 0 Å². The van der Waals surface area contributed by atoms with Gasteiger partial charge in [-0.25, -0.2) is 9.59 Å². The average Bonchev–Trinajstić information content (AvgIpc) is 2.29. The monoisotopic (exact) mass is 286 g/mol. The van der Waals surface area contributed by atoms with Gasteiger partial charge in [0.15, 0.2) is 6.04 Å². The van der Waals surface area contributed by atoms with Gasteiger partial charge < -0.3 is 20.8 Å². The summed E-state index contributed by atoms with van der Waals surface area (Å²) in [5.41, 5.74) is 1.29. The normalized spacial score (nSPS) is 13.5. The number of nitrogens with one attached hydrogen (secondary N) is 2. The number of carbonyl (C=O) groups is 2. The van der Waals surface area contributed by atoms with Crippen LogP contribution in [0.4, 0.5) is 10.5 Å². The second-order valence-corrected chi connectivity index (χ2v) is 4.55. The van der Waals surface area contributed by atoms with Crippen LogP contribution in [0.1, 0.15) is 12.5 Å². The van der Waals surface area contributed by atoms with Crippen molar-refractivity contribution >= 4 is 29.3 Å². The van der Waals surface area contributed by atoms with Gasteiger partial charge in [0.25, 0.3) is 0 Å². The van der Waals surface area contributed by atoms with E-state index in [-0.39, 0.29) is 0 Å². The zero-order valence-corrected chi connectivity index (χ0v) is 11.2. The highest BCUT2D eigenvalue weighted by Crippen LogP contribution is 2.22. The molecule has 0 aliphatic rings. The molecule has 0 aliphatic carbocycles. The molecule has 0 saturated heterocycles. The Morgan fingerprint density at radius 3 is 2.47 bits per heavy atom. The number of carboxylic acids is 1. The summed E-state index contributed by atoms with van der Waals surface area (Å²) in [5, 5.41) is 23.0. The smallest absolute Gasteiger partial charge is 0.328 e. The highest BCUT2D eigenvalue weighted by atomic mass is 35.5. The van der Waals surface area contributed by atoms with Gasteiger partial charge in [-0.2, -0.15) is 0 Å². The number of amides is 2. The molecule has 2 atom stereocenters. The topological polar surface area (TPSA) is 98.7 Å². The van der Waals surface area contributed by atoms with E-state index in [1.165, 1.54) is 6.92 Å². The van der Waals surface area contributed by atoms with Crippen LogP contribution in [0.25, 0.3) is 0 Å². The number of hydrogen-bond acceptors (Lipinski definition) is 3. The van der Waals surface area contributed by atoms with Crippen molar-refractivity contribution in [3.63, 3.8) is 0 Å². The highest BCUT2D eigenvalue weighted by Gasteiger charge is 2.25. The van der Waals surface area contributed by atoms with Crippen LogP contribution >= 0.6 is 11.6 Å². The first kappa shape index (κ1) is 15.3. The minimum atomic E-state index is -1.38. The quantitative estimate of drug-likeness (QED) is 0.676. The van der Waals surface area contributed by atoms with Gasteiger partial charge in [0.2, 0.25) is 0 Å². The molecule has 19 heavy (non-hydrogen) atoms. The van der Waals surface area contributed by atoms with Gasteiger partial charge in [0.05, 0.1) is 16.8 Å². The summed E-state index contributed by atoms with van der Waals surface area (Å²) in [5.74, 6) is -1.32. The van der Waals surface area contributed by atoms with Crippen molar-refractivity contribution in [3.8, 4) is 0 Å². The van der Waals surface area contributed by atoms with E-state index in [2.05, 4.69) is 10.6 Å². The van der Waals surface area contributed by atoms with Crippen LogP contribution in [0.5, 0.6) is 0 Å². The van der Waals surface area contributed by atoms with Crippen molar-refractivity contribution in [2.75, 3.05) is 5.32 Å². The molecule has 7 heteroatoms. The Hall–Kier alpha value is -1.79. The van der Waals surface area contributed by atoms with Crippen LogP contribution in [0.2, 0.25) is 5.02 Å². The van der Waals surface area contributed by atoms with E-state index in [9.17, 15) is 14.7 Å². The molecule has 0 heterocycles. The van der Waals surface area contributed by atoms with Gasteiger partial charge in [-0.15, -0.1) is 0 Å². The molecule has 2 amide bonds. The molecule has 0 saturated carbocycles. The molecule has 4 N–H and O–H groups in total. The fourth-order valence-corrected chi connectivity index (χ4v) is 1.69. The van der Waals surface area contributed by atoms with Crippen LogP contribution in [0, 0.1) is 6.92 Å². The molecule has 6 nitrogen and oxygen atoms in total. The number of urea groups is 1. The predicted octanol–water partition coefficient (Wildman–Crippen LogP) is 1.60. The first-order valence-electron chi connectivity index (χ1n) is 5.56. The molecule has 0 fully saturated rings. The first-order chi connectivity index (χ1) is 8.81. The lowest BCUT2D eigenvalue weighted by atomic mass is 10.2. The second kappa shape index (κ2) is 6.40. The average molecular weight is 287 g/mol. The lowest BCUT2D eigenvalue weighted by molar-refractivity contribution is -0.141. The number of benzene rings is 1. The van der Waals surface area contributed by atoms with Gasteiger partial charge in [-0.05, 0) is 31.5 Å². The zero-order chi connectivity index (χ0) is 14.6. The number of carboxylic acid groups (broad SMARTS) is 1.